The third-order valence-electron chi connectivity index (χ3n) is 7.96. The molecule has 2 aliphatic rings. The number of nitrogens with one attached hydrogen (secondary N) is 1. The van der Waals surface area contributed by atoms with Gasteiger partial charge in [0.1, 0.15) is 5.82 Å². The van der Waals surface area contributed by atoms with Gasteiger partial charge in [-0.15, -0.1) is 5.06 Å². The molecule has 46 heavy (non-hydrogen) atoms. The first-order valence-corrected chi connectivity index (χ1v) is 15.5. The Morgan fingerprint density at radius 1 is 0.935 bits per heavy atom. The van der Waals surface area contributed by atoms with Crippen molar-refractivity contribution in [3.8, 4) is 0 Å². The van der Waals surface area contributed by atoms with Gasteiger partial charge < -0.3 is 19.7 Å². The molecule has 2 fully saturated rings. The summed E-state index contributed by atoms with van der Waals surface area (Å²) in [7, 11) is 0. The van der Waals surface area contributed by atoms with Crippen LogP contribution in [0.3, 0.4) is 0 Å². The summed E-state index contributed by atoms with van der Waals surface area (Å²) in [4.78, 5) is 71.7. The van der Waals surface area contributed by atoms with E-state index in [1.165, 1.54) is 34.1 Å². The van der Waals surface area contributed by atoms with Gasteiger partial charge in [0.2, 0.25) is 0 Å². The fourth-order valence-electron chi connectivity index (χ4n) is 5.54. The number of fused-ring (bicyclic) bond motifs is 1. The van der Waals surface area contributed by atoms with Gasteiger partial charge in [0.15, 0.2) is 6.23 Å². The number of carbonyl (C=O) groups excluding carboxylic acids is 4. The lowest BCUT2D eigenvalue weighted by Crippen LogP contribution is -2.50. The minimum atomic E-state index is -1.22. The van der Waals surface area contributed by atoms with Crippen LogP contribution >= 0.6 is 22.6 Å². The van der Waals surface area contributed by atoms with Crippen molar-refractivity contribution >= 4 is 57.1 Å². The van der Waals surface area contributed by atoms with Gasteiger partial charge in [-0.3, -0.25) is 19.2 Å². The highest BCUT2D eigenvalue weighted by molar-refractivity contribution is 14.1. The quantitative estimate of drug-likeness (QED) is 0.287. The maximum atomic E-state index is 14.9. The molecule has 236 valence electrons. The Morgan fingerprint density at radius 3 is 2.30 bits per heavy atom. The largest absolute Gasteiger partial charge is 0.370 e. The van der Waals surface area contributed by atoms with Crippen LogP contribution in [0, 0.1) is 9.39 Å². The summed E-state index contributed by atoms with van der Waals surface area (Å²) in [5.41, 5.74) is 1.06. The molecule has 1 atom stereocenters. The number of amides is 3. The SMILES string of the molecule is O=C(ON1C(=O)CCC1O)c1cc(I)cc(C(=O)N2CCN(C(=O)c3cc(Cc4n[nH]c(=O)c5ccccc45)ccc3F)CC2)c1. The number of carbonyl (C=O) groups is 4. The summed E-state index contributed by atoms with van der Waals surface area (Å²) < 4.78 is 15.5. The van der Waals surface area contributed by atoms with Crippen LogP contribution in [-0.2, 0) is 16.1 Å². The second kappa shape index (κ2) is 13.0. The molecule has 1 unspecified atom stereocenters. The van der Waals surface area contributed by atoms with Gasteiger partial charge in [0.25, 0.3) is 23.3 Å². The standard InChI is InChI=1S/C32H27FIN5O7/c33-25-6-5-18(14-26-22-3-1-2-4-23(22)29(42)36-35-26)13-24(25)31(44)38-11-9-37(10-12-38)30(43)19-15-20(17-21(34)16-19)32(45)46-39-27(40)7-8-28(39)41/h1-6,13,15-17,27,40H,7-12,14H2,(H,36,42). The summed E-state index contributed by atoms with van der Waals surface area (Å²) >= 11 is 1.96. The molecule has 0 aliphatic carbocycles. The molecule has 0 spiro atoms. The number of hydrogen-bond acceptors (Lipinski definition) is 8. The maximum absolute atomic E-state index is 14.9. The van der Waals surface area contributed by atoms with Crippen LogP contribution in [-0.4, -0.2) is 86.3 Å². The normalized spacial score (nSPS) is 16.6. The lowest BCUT2D eigenvalue weighted by molar-refractivity contribution is -0.191. The van der Waals surface area contributed by atoms with Crippen LogP contribution in [0.4, 0.5) is 4.39 Å². The molecule has 3 amide bonds. The number of hydrogen-bond donors (Lipinski definition) is 2. The van der Waals surface area contributed by atoms with Crippen molar-refractivity contribution in [3.05, 3.63) is 108 Å². The minimum Gasteiger partial charge on any atom is -0.370 e. The Hall–Kier alpha value is -4.70. The molecule has 0 bridgehead atoms. The van der Waals surface area contributed by atoms with Crippen LogP contribution in [0.2, 0.25) is 0 Å². The fourth-order valence-corrected chi connectivity index (χ4v) is 6.21. The Bertz CT molecular complexity index is 1940. The van der Waals surface area contributed by atoms with Crippen LogP contribution in [0.15, 0.2) is 65.5 Å². The topological polar surface area (TPSA) is 153 Å². The Labute approximate surface area is 274 Å². The fraction of sp³-hybridized carbons (Fsp3) is 0.250. The van der Waals surface area contributed by atoms with E-state index >= 15 is 0 Å². The van der Waals surface area contributed by atoms with Crippen molar-refractivity contribution < 1.29 is 33.5 Å². The predicted molar refractivity (Wildman–Crippen MR) is 170 cm³/mol. The van der Waals surface area contributed by atoms with E-state index in [9.17, 15) is 33.5 Å². The first-order valence-electron chi connectivity index (χ1n) is 14.5. The van der Waals surface area contributed by atoms with Crippen molar-refractivity contribution in [2.75, 3.05) is 26.2 Å². The molecular formula is C32H27FIN5O7. The average Bonchev–Trinajstić information content (AvgIpc) is 3.38. The Kier molecular flexibility index (Phi) is 8.82. The van der Waals surface area contributed by atoms with Gasteiger partial charge in [-0.1, -0.05) is 24.3 Å². The number of aromatic nitrogens is 2. The summed E-state index contributed by atoms with van der Waals surface area (Å²) in [5.74, 6) is -2.95. The molecule has 2 N–H and O–H groups in total. The number of aromatic amines is 1. The lowest BCUT2D eigenvalue weighted by atomic mass is 10.0. The smallest absolute Gasteiger partial charge is 0.363 e. The van der Waals surface area contributed by atoms with Gasteiger partial charge in [-0.2, -0.15) is 5.10 Å². The third-order valence-corrected chi connectivity index (χ3v) is 8.58. The molecule has 14 heteroatoms. The van der Waals surface area contributed by atoms with Crippen molar-refractivity contribution in [1.82, 2.24) is 25.1 Å². The zero-order chi connectivity index (χ0) is 32.5. The van der Waals surface area contributed by atoms with E-state index in [0.29, 0.717) is 30.7 Å². The van der Waals surface area contributed by atoms with Crippen LogP contribution in [0.1, 0.15) is 55.2 Å². The second-order valence-electron chi connectivity index (χ2n) is 11.0. The van der Waals surface area contributed by atoms with Gasteiger partial charge in [0.05, 0.1) is 22.2 Å². The van der Waals surface area contributed by atoms with Gasteiger partial charge >= 0.3 is 5.97 Å². The van der Waals surface area contributed by atoms with Crippen molar-refractivity contribution in [2.45, 2.75) is 25.5 Å². The van der Waals surface area contributed by atoms with Crippen LogP contribution in [0.5, 0.6) is 0 Å². The number of nitrogens with zero attached hydrogens (tertiary/aromatic N) is 4. The van der Waals surface area contributed by atoms with Gasteiger partial charge in [0, 0.05) is 60.0 Å². The average molecular weight is 739 g/mol. The first kappa shape index (κ1) is 31.3. The zero-order valence-corrected chi connectivity index (χ0v) is 26.4. The highest BCUT2D eigenvalue weighted by atomic mass is 127. The Balaban J connectivity index is 1.12. The number of aliphatic hydroxyl groups is 1. The summed E-state index contributed by atoms with van der Waals surface area (Å²) in [6.45, 7) is 0.681. The molecule has 3 heterocycles. The number of aliphatic hydroxyl groups excluding tert-OH is 1. The number of hydroxylamine groups is 2. The Morgan fingerprint density at radius 2 is 1.61 bits per heavy atom. The monoisotopic (exact) mass is 739 g/mol. The van der Waals surface area contributed by atoms with E-state index < -0.39 is 29.8 Å². The maximum Gasteiger partial charge on any atom is 0.363 e. The molecule has 2 saturated heterocycles. The second-order valence-corrected chi connectivity index (χ2v) is 12.2. The summed E-state index contributed by atoms with van der Waals surface area (Å²) in [5, 5.41) is 18.3. The van der Waals surface area contributed by atoms with Gasteiger partial charge in [-0.25, -0.2) is 14.3 Å². The highest BCUT2D eigenvalue weighted by Crippen LogP contribution is 2.23. The number of halogens is 2. The third kappa shape index (κ3) is 6.35. The van der Waals surface area contributed by atoms with E-state index in [4.69, 9.17) is 4.84 Å². The van der Waals surface area contributed by atoms with E-state index in [2.05, 4.69) is 10.2 Å². The molecule has 6 rings (SSSR count). The number of rotatable bonds is 6. The number of piperazine rings is 1. The van der Waals surface area contributed by atoms with Crippen molar-refractivity contribution in [1.29, 1.82) is 0 Å². The van der Waals surface area contributed by atoms with Crippen molar-refractivity contribution in [2.24, 2.45) is 0 Å². The highest BCUT2D eigenvalue weighted by Gasteiger charge is 2.34. The molecule has 3 aromatic carbocycles. The lowest BCUT2D eigenvalue weighted by Gasteiger charge is -2.35. The summed E-state index contributed by atoms with van der Waals surface area (Å²) in [6.07, 6.45) is -0.743. The molecule has 12 nitrogen and oxygen atoms in total. The van der Waals surface area contributed by atoms with Crippen LogP contribution < -0.4 is 5.56 Å². The molecule has 0 saturated carbocycles. The first-order chi connectivity index (χ1) is 22.1. The molecule has 2 aliphatic heterocycles. The van der Waals surface area contributed by atoms with E-state index in [1.54, 1.807) is 36.4 Å². The molecule has 4 aromatic rings. The van der Waals surface area contributed by atoms with E-state index in [-0.39, 0.29) is 73.6 Å². The van der Waals surface area contributed by atoms with Crippen LogP contribution in [0.25, 0.3) is 10.8 Å². The number of H-pyrrole nitrogens is 1. The minimum absolute atomic E-state index is 0.0383. The molecule has 1 aromatic heterocycles. The van der Waals surface area contributed by atoms with E-state index in [1.807, 2.05) is 22.6 Å². The molecular weight excluding hydrogens is 712 g/mol. The summed E-state index contributed by atoms with van der Waals surface area (Å²) in [6, 6.07) is 15.8. The number of benzene rings is 3. The van der Waals surface area contributed by atoms with E-state index in [0.717, 1.165) is 0 Å². The van der Waals surface area contributed by atoms with Gasteiger partial charge in [-0.05, 0) is 64.6 Å². The van der Waals surface area contributed by atoms with Crippen molar-refractivity contribution in [3.63, 3.8) is 0 Å². The predicted octanol–water partition coefficient (Wildman–Crippen LogP) is 2.87. The molecule has 0 radical (unpaired) electrons. The zero-order valence-electron chi connectivity index (χ0n) is 24.2.